The van der Waals surface area contributed by atoms with Crippen molar-refractivity contribution in [3.05, 3.63) is 33.1 Å². The first-order chi connectivity index (χ1) is 9.85. The summed E-state index contributed by atoms with van der Waals surface area (Å²) < 4.78 is 18.5. The van der Waals surface area contributed by atoms with E-state index in [9.17, 15) is 14.7 Å². The van der Waals surface area contributed by atoms with Gasteiger partial charge in [-0.25, -0.2) is 4.79 Å². The van der Waals surface area contributed by atoms with Crippen molar-refractivity contribution in [1.82, 2.24) is 9.55 Å². The monoisotopic (exact) mass is 298 g/mol. The van der Waals surface area contributed by atoms with Crippen LogP contribution >= 0.6 is 0 Å². The second-order valence-corrected chi connectivity index (χ2v) is 5.84. The highest BCUT2D eigenvalue weighted by Crippen LogP contribution is 2.43. The van der Waals surface area contributed by atoms with Crippen LogP contribution < -0.4 is 11.2 Å². The van der Waals surface area contributed by atoms with Crippen LogP contribution in [0.5, 0.6) is 0 Å². The minimum Gasteiger partial charge on any atom is -0.393 e. The van der Waals surface area contributed by atoms with Gasteiger partial charge in [0.25, 0.3) is 5.56 Å². The van der Waals surface area contributed by atoms with Gasteiger partial charge >= 0.3 is 5.69 Å². The average molecular weight is 298 g/mol. The first-order valence-electron chi connectivity index (χ1n) is 6.77. The van der Waals surface area contributed by atoms with E-state index in [4.69, 9.17) is 14.2 Å². The van der Waals surface area contributed by atoms with Gasteiger partial charge in [0.15, 0.2) is 5.79 Å². The lowest BCUT2D eigenvalue weighted by molar-refractivity contribution is -0.328. The standard InChI is InChI=1S/C13H18N2O6/c1-12(2)19-7-13(6-16)8(20-12)5-10(21-13)15-4-3-9(17)14-11(15)18/h3-4,8,10,16H,5-7H2,1-2H3,(H,14,17,18)/t8-,10+,13-/m0/s1. The van der Waals surface area contributed by atoms with E-state index < -0.39 is 35.0 Å². The molecule has 2 aliphatic heterocycles. The Morgan fingerprint density at radius 1 is 1.43 bits per heavy atom. The molecule has 0 spiro atoms. The zero-order chi connectivity index (χ0) is 15.3. The Kier molecular flexibility index (Phi) is 3.28. The van der Waals surface area contributed by atoms with E-state index in [1.54, 1.807) is 13.8 Å². The molecule has 116 valence electrons. The maximum atomic E-state index is 11.8. The summed E-state index contributed by atoms with van der Waals surface area (Å²) in [6.45, 7) is 3.47. The summed E-state index contributed by atoms with van der Waals surface area (Å²) in [5.41, 5.74) is -2.01. The molecular formula is C13H18N2O6. The van der Waals surface area contributed by atoms with Crippen molar-refractivity contribution in [1.29, 1.82) is 0 Å². The van der Waals surface area contributed by atoms with Crippen LogP contribution in [-0.2, 0) is 14.2 Å². The van der Waals surface area contributed by atoms with Gasteiger partial charge in [-0.2, -0.15) is 0 Å². The van der Waals surface area contributed by atoms with Crippen molar-refractivity contribution >= 4 is 0 Å². The molecule has 0 aliphatic carbocycles. The van der Waals surface area contributed by atoms with Crippen LogP contribution in [0.1, 0.15) is 26.5 Å². The second-order valence-electron chi connectivity index (χ2n) is 5.84. The summed E-state index contributed by atoms with van der Waals surface area (Å²) in [7, 11) is 0. The number of aliphatic hydroxyl groups excluding tert-OH is 1. The van der Waals surface area contributed by atoms with Crippen LogP contribution in [0.3, 0.4) is 0 Å². The van der Waals surface area contributed by atoms with Gasteiger partial charge in [-0.1, -0.05) is 0 Å². The second kappa shape index (κ2) is 4.77. The molecule has 2 aliphatic rings. The number of nitrogens with zero attached hydrogens (tertiary/aromatic N) is 1. The Morgan fingerprint density at radius 2 is 2.19 bits per heavy atom. The number of fused-ring (bicyclic) bond motifs is 1. The summed E-state index contributed by atoms with van der Waals surface area (Å²) in [6, 6.07) is 1.25. The molecule has 0 unspecified atom stereocenters. The number of nitrogens with one attached hydrogen (secondary N) is 1. The minimum absolute atomic E-state index is 0.176. The first-order valence-corrected chi connectivity index (χ1v) is 6.77. The molecule has 0 saturated carbocycles. The molecule has 0 aromatic carbocycles. The highest BCUT2D eigenvalue weighted by Gasteiger charge is 2.55. The number of ether oxygens (including phenoxy) is 3. The van der Waals surface area contributed by atoms with Gasteiger partial charge in [-0.3, -0.25) is 14.3 Å². The van der Waals surface area contributed by atoms with Crippen LogP contribution in [0.15, 0.2) is 21.9 Å². The molecule has 0 amide bonds. The predicted molar refractivity (Wildman–Crippen MR) is 70.8 cm³/mol. The molecule has 21 heavy (non-hydrogen) atoms. The van der Waals surface area contributed by atoms with Crippen LogP contribution in [0.2, 0.25) is 0 Å². The van der Waals surface area contributed by atoms with Gasteiger partial charge in [0.2, 0.25) is 0 Å². The van der Waals surface area contributed by atoms with Crippen molar-refractivity contribution in [2.24, 2.45) is 0 Å². The summed E-state index contributed by atoms with van der Waals surface area (Å²) in [4.78, 5) is 25.1. The van der Waals surface area contributed by atoms with Crippen LogP contribution in [0, 0.1) is 0 Å². The molecule has 0 bridgehead atoms. The molecule has 3 rings (SSSR count). The average Bonchev–Trinajstić information content (AvgIpc) is 2.76. The minimum atomic E-state index is -0.990. The third kappa shape index (κ3) is 2.44. The van der Waals surface area contributed by atoms with Crippen molar-refractivity contribution in [2.75, 3.05) is 13.2 Å². The Labute approximate surface area is 120 Å². The number of aliphatic hydroxyl groups is 1. The third-order valence-corrected chi connectivity index (χ3v) is 3.89. The van der Waals surface area contributed by atoms with Crippen LogP contribution in [-0.4, -0.2) is 45.4 Å². The van der Waals surface area contributed by atoms with E-state index in [-0.39, 0.29) is 13.2 Å². The van der Waals surface area contributed by atoms with Gasteiger partial charge in [0.1, 0.15) is 11.8 Å². The molecule has 8 heteroatoms. The molecule has 1 aromatic rings. The van der Waals surface area contributed by atoms with Crippen LogP contribution in [0.4, 0.5) is 0 Å². The number of hydrogen-bond donors (Lipinski definition) is 2. The fraction of sp³-hybridized carbons (Fsp3) is 0.692. The molecule has 3 heterocycles. The maximum Gasteiger partial charge on any atom is 0.330 e. The summed E-state index contributed by atoms with van der Waals surface area (Å²) in [5.74, 6) is -0.766. The van der Waals surface area contributed by atoms with E-state index in [1.807, 2.05) is 0 Å². The molecule has 2 fully saturated rings. The topological polar surface area (TPSA) is 103 Å². The normalized spacial score (nSPS) is 34.6. The van der Waals surface area contributed by atoms with Crippen molar-refractivity contribution in [3.8, 4) is 0 Å². The van der Waals surface area contributed by atoms with Gasteiger partial charge in [-0.15, -0.1) is 0 Å². The molecule has 1 aromatic heterocycles. The third-order valence-electron chi connectivity index (χ3n) is 3.89. The Balaban J connectivity index is 1.91. The van der Waals surface area contributed by atoms with Gasteiger partial charge in [0.05, 0.1) is 19.3 Å². The molecular weight excluding hydrogens is 280 g/mol. The lowest BCUT2D eigenvalue weighted by Gasteiger charge is -2.43. The highest BCUT2D eigenvalue weighted by atomic mass is 16.7. The Hall–Kier alpha value is -1.48. The number of aromatic amines is 1. The van der Waals surface area contributed by atoms with E-state index in [2.05, 4.69) is 4.98 Å². The quantitative estimate of drug-likeness (QED) is 0.751. The van der Waals surface area contributed by atoms with E-state index >= 15 is 0 Å². The number of aromatic nitrogens is 2. The number of hydrogen-bond acceptors (Lipinski definition) is 6. The Morgan fingerprint density at radius 3 is 2.86 bits per heavy atom. The summed E-state index contributed by atoms with van der Waals surface area (Å²) >= 11 is 0. The van der Waals surface area contributed by atoms with E-state index in [0.29, 0.717) is 6.42 Å². The zero-order valence-electron chi connectivity index (χ0n) is 11.9. The SMILES string of the molecule is CC1(C)OC[C@]2(CO)O[C@@H](n3ccc(=O)[nH]c3=O)C[C@@H]2O1. The zero-order valence-corrected chi connectivity index (χ0v) is 11.9. The van der Waals surface area contributed by atoms with Crippen molar-refractivity contribution in [3.63, 3.8) is 0 Å². The lowest BCUT2D eigenvalue weighted by atomic mass is 9.96. The fourth-order valence-electron chi connectivity index (χ4n) is 2.76. The van der Waals surface area contributed by atoms with Crippen molar-refractivity contribution < 1.29 is 19.3 Å². The molecule has 3 atom stereocenters. The molecule has 2 saturated heterocycles. The van der Waals surface area contributed by atoms with Crippen molar-refractivity contribution in [2.45, 2.75) is 44.0 Å². The summed E-state index contributed by atoms with van der Waals surface area (Å²) in [6.07, 6.45) is 0.749. The maximum absolute atomic E-state index is 11.8. The summed E-state index contributed by atoms with van der Waals surface area (Å²) in [5, 5.41) is 9.67. The number of rotatable bonds is 2. The van der Waals surface area contributed by atoms with Gasteiger partial charge in [0, 0.05) is 18.7 Å². The molecule has 2 N–H and O–H groups in total. The highest BCUT2D eigenvalue weighted by molar-refractivity contribution is 5.00. The first kappa shape index (κ1) is 14.5. The fourth-order valence-corrected chi connectivity index (χ4v) is 2.76. The number of H-pyrrole nitrogens is 1. The largest absolute Gasteiger partial charge is 0.393 e. The predicted octanol–water partition coefficient (Wildman–Crippen LogP) is -0.662. The smallest absolute Gasteiger partial charge is 0.330 e. The van der Waals surface area contributed by atoms with E-state index in [1.165, 1.54) is 16.8 Å². The van der Waals surface area contributed by atoms with Gasteiger partial charge < -0.3 is 19.3 Å². The molecule has 0 radical (unpaired) electrons. The van der Waals surface area contributed by atoms with Crippen LogP contribution in [0.25, 0.3) is 0 Å². The molecule has 8 nitrogen and oxygen atoms in total. The van der Waals surface area contributed by atoms with E-state index in [0.717, 1.165) is 0 Å². The van der Waals surface area contributed by atoms with Gasteiger partial charge in [-0.05, 0) is 13.8 Å². The lowest BCUT2D eigenvalue weighted by Crippen LogP contribution is -2.57. The Bertz CT molecular complexity index is 651.